The molecule has 26 heavy (non-hydrogen) atoms. The lowest BCUT2D eigenvalue weighted by molar-refractivity contribution is 0.238. The van der Waals surface area contributed by atoms with E-state index in [9.17, 15) is 4.79 Å². The van der Waals surface area contributed by atoms with Crippen LogP contribution < -0.4 is 10.6 Å². The smallest absolute Gasteiger partial charge is 0.315 e. The van der Waals surface area contributed by atoms with Crippen molar-refractivity contribution in [3.05, 3.63) is 48.3 Å². The molecule has 140 valence electrons. The second-order valence-electron chi connectivity index (χ2n) is 6.85. The number of urea groups is 1. The first-order valence-electron chi connectivity index (χ1n) is 9.64. The number of benzene rings is 1. The van der Waals surface area contributed by atoms with Gasteiger partial charge in [0, 0.05) is 24.8 Å². The van der Waals surface area contributed by atoms with Crippen LogP contribution in [0.25, 0.3) is 5.69 Å². The lowest BCUT2D eigenvalue weighted by Crippen LogP contribution is -2.37. The van der Waals surface area contributed by atoms with Gasteiger partial charge in [-0.15, -0.1) is 0 Å². The number of carbonyl (C=O) groups is 1. The highest BCUT2D eigenvalue weighted by Gasteiger charge is 2.08. The molecule has 6 nitrogen and oxygen atoms in total. The monoisotopic (exact) mass is 355 g/mol. The minimum Gasteiger partial charge on any atom is -0.338 e. The normalized spacial score (nSPS) is 15.4. The number of carbonyl (C=O) groups excluding carboxylic acids is 1. The average molecular weight is 355 g/mol. The fraction of sp³-hybridized carbons (Fsp3) is 0.500. The van der Waals surface area contributed by atoms with Crippen molar-refractivity contribution in [1.29, 1.82) is 0 Å². The quantitative estimate of drug-likeness (QED) is 0.751. The van der Waals surface area contributed by atoms with Gasteiger partial charge < -0.3 is 15.5 Å². The fourth-order valence-corrected chi connectivity index (χ4v) is 3.28. The lowest BCUT2D eigenvalue weighted by Gasteiger charge is -2.19. The Kier molecular flexibility index (Phi) is 7.07. The third-order valence-corrected chi connectivity index (χ3v) is 4.75. The highest BCUT2D eigenvalue weighted by atomic mass is 16.2. The number of nitrogens with one attached hydrogen (secondary N) is 2. The van der Waals surface area contributed by atoms with Crippen LogP contribution in [0.2, 0.25) is 0 Å². The largest absolute Gasteiger partial charge is 0.338 e. The SMILES string of the molecule is O=C(NCCCN1CCCCCC1)NCc1cnn(-c2ccccc2)c1. The van der Waals surface area contributed by atoms with E-state index in [1.807, 2.05) is 41.2 Å². The van der Waals surface area contributed by atoms with Crippen molar-refractivity contribution in [2.45, 2.75) is 38.6 Å². The summed E-state index contributed by atoms with van der Waals surface area (Å²) in [5.41, 5.74) is 1.99. The summed E-state index contributed by atoms with van der Waals surface area (Å²) in [6.45, 7) is 4.68. The first-order valence-corrected chi connectivity index (χ1v) is 9.64. The number of hydrogen-bond donors (Lipinski definition) is 2. The Morgan fingerprint density at radius 1 is 1.04 bits per heavy atom. The van der Waals surface area contributed by atoms with Crippen LogP contribution >= 0.6 is 0 Å². The number of likely N-dealkylation sites (tertiary alicyclic amines) is 1. The van der Waals surface area contributed by atoms with Crippen LogP contribution in [0.3, 0.4) is 0 Å². The molecule has 0 atom stereocenters. The summed E-state index contributed by atoms with van der Waals surface area (Å²) >= 11 is 0. The number of hydrogen-bond acceptors (Lipinski definition) is 3. The van der Waals surface area contributed by atoms with Gasteiger partial charge in [-0.1, -0.05) is 31.0 Å². The van der Waals surface area contributed by atoms with Crippen molar-refractivity contribution in [2.24, 2.45) is 0 Å². The molecule has 2 N–H and O–H groups in total. The highest BCUT2D eigenvalue weighted by Crippen LogP contribution is 2.09. The molecule has 1 fully saturated rings. The molecule has 0 spiro atoms. The molecule has 0 saturated carbocycles. The molecule has 0 aliphatic carbocycles. The Hall–Kier alpha value is -2.34. The molecule has 0 radical (unpaired) electrons. The minimum atomic E-state index is -0.117. The van der Waals surface area contributed by atoms with Gasteiger partial charge >= 0.3 is 6.03 Å². The van der Waals surface area contributed by atoms with E-state index in [1.165, 1.54) is 38.8 Å². The lowest BCUT2D eigenvalue weighted by atomic mass is 10.2. The van der Waals surface area contributed by atoms with Crippen LogP contribution in [0, 0.1) is 0 Å². The molecule has 3 rings (SSSR count). The van der Waals surface area contributed by atoms with Gasteiger partial charge in [-0.05, 0) is 51.0 Å². The van der Waals surface area contributed by atoms with Gasteiger partial charge in [0.05, 0.1) is 11.9 Å². The van der Waals surface area contributed by atoms with Gasteiger partial charge in [-0.2, -0.15) is 5.10 Å². The van der Waals surface area contributed by atoms with Gasteiger partial charge in [-0.3, -0.25) is 0 Å². The Morgan fingerprint density at radius 3 is 2.58 bits per heavy atom. The van der Waals surface area contributed by atoms with E-state index in [-0.39, 0.29) is 6.03 Å². The summed E-state index contributed by atoms with van der Waals surface area (Å²) in [5.74, 6) is 0. The van der Waals surface area contributed by atoms with Crippen molar-refractivity contribution >= 4 is 6.03 Å². The van der Waals surface area contributed by atoms with E-state index in [2.05, 4.69) is 20.6 Å². The third kappa shape index (κ3) is 5.88. The standard InChI is InChI=1S/C20H29N5O/c26-20(21-11-8-14-24-12-6-1-2-7-13-24)22-15-18-16-23-25(17-18)19-9-4-3-5-10-19/h3-5,9-10,16-17H,1-2,6-8,11-15H2,(H2,21,22,26). The van der Waals surface area contributed by atoms with Crippen molar-refractivity contribution in [1.82, 2.24) is 25.3 Å². The fourth-order valence-electron chi connectivity index (χ4n) is 3.28. The molecule has 1 saturated heterocycles. The molecule has 6 heteroatoms. The summed E-state index contributed by atoms with van der Waals surface area (Å²) in [6.07, 6.45) is 10.1. The summed E-state index contributed by atoms with van der Waals surface area (Å²) < 4.78 is 1.82. The molecule has 0 unspecified atom stereocenters. The summed E-state index contributed by atoms with van der Waals surface area (Å²) in [5, 5.41) is 10.2. The van der Waals surface area contributed by atoms with Crippen molar-refractivity contribution in [3.8, 4) is 5.69 Å². The van der Waals surface area contributed by atoms with E-state index in [0.29, 0.717) is 13.1 Å². The summed E-state index contributed by atoms with van der Waals surface area (Å²) in [4.78, 5) is 14.5. The zero-order chi connectivity index (χ0) is 18.0. The predicted octanol–water partition coefficient (Wildman–Crippen LogP) is 2.94. The molecule has 2 aromatic rings. The van der Waals surface area contributed by atoms with Crippen LogP contribution in [0.4, 0.5) is 4.79 Å². The highest BCUT2D eigenvalue weighted by molar-refractivity contribution is 5.73. The van der Waals surface area contributed by atoms with Gasteiger partial charge in [-0.25, -0.2) is 9.48 Å². The first-order chi connectivity index (χ1) is 12.8. The van der Waals surface area contributed by atoms with Crippen LogP contribution in [-0.4, -0.2) is 46.9 Å². The molecule has 0 bridgehead atoms. The van der Waals surface area contributed by atoms with Gasteiger partial charge in [0.15, 0.2) is 0 Å². The molecule has 1 aliphatic heterocycles. The number of amides is 2. The molecule has 1 aliphatic rings. The maximum absolute atomic E-state index is 11.9. The Balaban J connectivity index is 1.32. The van der Waals surface area contributed by atoms with Gasteiger partial charge in [0.25, 0.3) is 0 Å². The Bertz CT molecular complexity index is 662. The average Bonchev–Trinajstić information content (AvgIpc) is 3.00. The predicted molar refractivity (Wildman–Crippen MR) is 103 cm³/mol. The number of nitrogens with zero attached hydrogens (tertiary/aromatic N) is 3. The molecule has 1 aromatic heterocycles. The summed E-state index contributed by atoms with van der Waals surface area (Å²) in [7, 11) is 0. The third-order valence-electron chi connectivity index (χ3n) is 4.75. The number of aromatic nitrogens is 2. The van der Waals surface area contributed by atoms with E-state index in [4.69, 9.17) is 0 Å². The maximum Gasteiger partial charge on any atom is 0.315 e. The molecule has 2 amide bonds. The van der Waals surface area contributed by atoms with E-state index < -0.39 is 0 Å². The van der Waals surface area contributed by atoms with Gasteiger partial charge in [0.1, 0.15) is 0 Å². The zero-order valence-corrected chi connectivity index (χ0v) is 15.4. The van der Waals surface area contributed by atoms with E-state index in [1.54, 1.807) is 6.20 Å². The molecular weight excluding hydrogens is 326 g/mol. The van der Waals surface area contributed by atoms with Crippen LogP contribution in [0.1, 0.15) is 37.7 Å². The van der Waals surface area contributed by atoms with Crippen LogP contribution in [-0.2, 0) is 6.54 Å². The van der Waals surface area contributed by atoms with Crippen molar-refractivity contribution < 1.29 is 4.79 Å². The van der Waals surface area contributed by atoms with Crippen molar-refractivity contribution in [2.75, 3.05) is 26.2 Å². The zero-order valence-electron chi connectivity index (χ0n) is 15.4. The maximum atomic E-state index is 11.9. The number of para-hydroxylation sites is 1. The molecule has 1 aromatic carbocycles. The van der Waals surface area contributed by atoms with E-state index >= 15 is 0 Å². The van der Waals surface area contributed by atoms with Crippen LogP contribution in [0.5, 0.6) is 0 Å². The summed E-state index contributed by atoms with van der Waals surface area (Å²) in [6, 6.07) is 9.82. The first kappa shape index (κ1) is 18.5. The van der Waals surface area contributed by atoms with E-state index in [0.717, 1.165) is 24.2 Å². The Labute approximate surface area is 155 Å². The number of rotatable bonds is 7. The minimum absolute atomic E-state index is 0.117. The molecule has 2 heterocycles. The Morgan fingerprint density at radius 2 is 1.81 bits per heavy atom. The second kappa shape index (κ2) is 9.97. The molecular formula is C20H29N5O. The van der Waals surface area contributed by atoms with Crippen LogP contribution in [0.15, 0.2) is 42.7 Å². The van der Waals surface area contributed by atoms with Crippen molar-refractivity contribution in [3.63, 3.8) is 0 Å². The van der Waals surface area contributed by atoms with Gasteiger partial charge in [0.2, 0.25) is 0 Å². The topological polar surface area (TPSA) is 62.2 Å². The second-order valence-corrected chi connectivity index (χ2v) is 6.85.